The molecule has 21 heavy (non-hydrogen) atoms. The number of fused-ring (bicyclic) bond motifs is 1. The average Bonchev–Trinajstić information content (AvgIpc) is 3.16. The number of rotatable bonds is 4. The Kier molecular flexibility index (Phi) is 3.68. The molecule has 0 unspecified atom stereocenters. The van der Waals surface area contributed by atoms with Gasteiger partial charge >= 0.3 is 0 Å². The van der Waals surface area contributed by atoms with Gasteiger partial charge in [-0.2, -0.15) is 0 Å². The number of ether oxygens (including phenoxy) is 1. The molecule has 1 aliphatic heterocycles. The largest absolute Gasteiger partial charge is 0.480 e. The molecule has 1 aromatic heterocycles. The van der Waals surface area contributed by atoms with Crippen LogP contribution >= 0.6 is 11.3 Å². The number of nitrogens with one attached hydrogen (secondary N) is 1. The molecule has 0 fully saturated rings. The summed E-state index contributed by atoms with van der Waals surface area (Å²) in [4.78, 5) is 16.9. The monoisotopic (exact) mass is 302 g/mol. The van der Waals surface area contributed by atoms with E-state index in [-0.39, 0.29) is 5.91 Å². The van der Waals surface area contributed by atoms with E-state index < -0.39 is 11.6 Å². The maximum atomic E-state index is 12.5. The summed E-state index contributed by atoms with van der Waals surface area (Å²) in [7, 11) is 0. The van der Waals surface area contributed by atoms with Gasteiger partial charge in [-0.25, -0.2) is 4.98 Å². The Labute approximate surface area is 128 Å². The molecular weight excluding hydrogens is 284 g/mol. The minimum atomic E-state index is -0.451. The standard InChI is InChI=1S/C16H18N2O2S/c1-3-16(2,15-17-8-9-21-15)18-14(19)13-10-11-6-4-5-7-12(11)20-13/h4-9,13H,3,10H2,1-2H3,(H,18,19)/t13-,16-/m0/s1. The minimum absolute atomic E-state index is 0.0780. The Hall–Kier alpha value is -1.88. The normalized spacial score (nSPS) is 19.4. The van der Waals surface area contributed by atoms with Crippen LogP contribution in [0.4, 0.5) is 0 Å². The lowest BCUT2D eigenvalue weighted by atomic mass is 9.99. The lowest BCUT2D eigenvalue weighted by molar-refractivity contribution is -0.129. The molecule has 110 valence electrons. The summed E-state index contributed by atoms with van der Waals surface area (Å²) in [6.45, 7) is 4.05. The van der Waals surface area contributed by atoms with E-state index in [9.17, 15) is 4.79 Å². The van der Waals surface area contributed by atoms with Crippen LogP contribution in [-0.2, 0) is 16.8 Å². The van der Waals surface area contributed by atoms with Crippen LogP contribution in [0.25, 0.3) is 0 Å². The van der Waals surface area contributed by atoms with Gasteiger partial charge in [0.25, 0.3) is 5.91 Å². The molecule has 0 saturated carbocycles. The van der Waals surface area contributed by atoms with E-state index in [0.29, 0.717) is 6.42 Å². The zero-order chi connectivity index (χ0) is 14.9. The molecule has 1 amide bonds. The third-order valence-electron chi connectivity index (χ3n) is 3.95. The van der Waals surface area contributed by atoms with Crippen LogP contribution in [0.5, 0.6) is 5.75 Å². The Balaban J connectivity index is 1.73. The molecule has 0 saturated heterocycles. The Morgan fingerprint density at radius 2 is 2.33 bits per heavy atom. The lowest BCUT2D eigenvalue weighted by Crippen LogP contribution is -2.48. The fourth-order valence-corrected chi connectivity index (χ4v) is 3.30. The molecule has 1 aromatic carbocycles. The second-order valence-electron chi connectivity index (χ2n) is 5.43. The fourth-order valence-electron chi connectivity index (χ4n) is 2.47. The summed E-state index contributed by atoms with van der Waals surface area (Å²) in [6.07, 6.45) is 2.72. The van der Waals surface area contributed by atoms with Crippen molar-refractivity contribution in [3.63, 3.8) is 0 Å². The molecule has 2 heterocycles. The summed E-state index contributed by atoms with van der Waals surface area (Å²) < 4.78 is 5.75. The molecule has 1 N–H and O–H groups in total. The van der Waals surface area contributed by atoms with E-state index in [2.05, 4.69) is 10.3 Å². The van der Waals surface area contributed by atoms with Crippen molar-refractivity contribution in [2.45, 2.75) is 38.3 Å². The second-order valence-corrected chi connectivity index (χ2v) is 6.33. The maximum absolute atomic E-state index is 12.5. The SMILES string of the molecule is CC[C@](C)(NC(=O)[C@@H]1Cc2ccccc2O1)c1nccs1. The first-order valence-corrected chi connectivity index (χ1v) is 7.97. The van der Waals surface area contributed by atoms with Crippen LogP contribution in [0.2, 0.25) is 0 Å². The third-order valence-corrected chi connectivity index (χ3v) is 4.99. The van der Waals surface area contributed by atoms with Crippen molar-refractivity contribution in [2.24, 2.45) is 0 Å². The first-order chi connectivity index (χ1) is 10.1. The molecule has 3 rings (SSSR count). The van der Waals surface area contributed by atoms with Gasteiger partial charge in [-0.3, -0.25) is 4.79 Å². The summed E-state index contributed by atoms with van der Waals surface area (Å²) >= 11 is 1.56. The number of para-hydroxylation sites is 1. The van der Waals surface area contributed by atoms with Crippen LogP contribution < -0.4 is 10.1 Å². The number of benzene rings is 1. The van der Waals surface area contributed by atoms with Gasteiger partial charge in [0.15, 0.2) is 6.10 Å². The van der Waals surface area contributed by atoms with Crippen molar-refractivity contribution in [1.82, 2.24) is 10.3 Å². The molecule has 1 aliphatic rings. The third kappa shape index (κ3) is 2.65. The van der Waals surface area contributed by atoms with Crippen LogP contribution in [0.15, 0.2) is 35.8 Å². The summed E-state index contributed by atoms with van der Waals surface area (Å²) in [6, 6.07) is 7.80. The Bertz CT molecular complexity index is 616. The van der Waals surface area contributed by atoms with Crippen molar-refractivity contribution in [2.75, 3.05) is 0 Å². The maximum Gasteiger partial charge on any atom is 0.262 e. The van der Waals surface area contributed by atoms with Gasteiger partial charge in [-0.1, -0.05) is 25.1 Å². The summed E-state index contributed by atoms with van der Waals surface area (Å²) in [5.41, 5.74) is 0.647. The van der Waals surface area contributed by atoms with Crippen molar-refractivity contribution in [3.05, 3.63) is 46.4 Å². The summed E-state index contributed by atoms with van der Waals surface area (Å²) in [5.74, 6) is 0.732. The quantitative estimate of drug-likeness (QED) is 0.945. The first-order valence-electron chi connectivity index (χ1n) is 7.09. The van der Waals surface area contributed by atoms with Crippen LogP contribution in [-0.4, -0.2) is 17.0 Å². The molecule has 0 bridgehead atoms. The lowest BCUT2D eigenvalue weighted by Gasteiger charge is -2.28. The highest BCUT2D eigenvalue weighted by Crippen LogP contribution is 2.30. The molecule has 2 atom stereocenters. The van der Waals surface area contributed by atoms with E-state index in [1.165, 1.54) is 0 Å². The summed E-state index contributed by atoms with van der Waals surface area (Å²) in [5, 5.41) is 5.96. The van der Waals surface area contributed by atoms with Crippen molar-refractivity contribution >= 4 is 17.2 Å². The van der Waals surface area contributed by atoms with Crippen molar-refractivity contribution in [3.8, 4) is 5.75 Å². The fraction of sp³-hybridized carbons (Fsp3) is 0.375. The molecule has 0 radical (unpaired) electrons. The molecule has 5 heteroatoms. The Morgan fingerprint density at radius 1 is 1.52 bits per heavy atom. The zero-order valence-corrected chi connectivity index (χ0v) is 12.9. The number of carbonyl (C=O) groups excluding carboxylic acids is 1. The number of hydrogen-bond acceptors (Lipinski definition) is 4. The van der Waals surface area contributed by atoms with Gasteiger partial charge in [0.2, 0.25) is 0 Å². The Morgan fingerprint density at radius 3 is 3.00 bits per heavy atom. The molecule has 0 aliphatic carbocycles. The number of amides is 1. The number of thiazole rings is 1. The van der Waals surface area contributed by atoms with Crippen LogP contribution in [0.1, 0.15) is 30.8 Å². The molecule has 4 nitrogen and oxygen atoms in total. The second kappa shape index (κ2) is 5.48. The number of nitrogens with zero attached hydrogens (tertiary/aromatic N) is 1. The predicted octanol–water partition coefficient (Wildman–Crippen LogP) is 2.89. The van der Waals surface area contributed by atoms with Crippen LogP contribution in [0.3, 0.4) is 0 Å². The van der Waals surface area contributed by atoms with Crippen molar-refractivity contribution < 1.29 is 9.53 Å². The van der Waals surface area contributed by atoms with E-state index in [4.69, 9.17) is 4.74 Å². The first kappa shape index (κ1) is 14.1. The van der Waals surface area contributed by atoms with Gasteiger partial charge < -0.3 is 10.1 Å². The van der Waals surface area contributed by atoms with E-state index in [1.54, 1.807) is 17.5 Å². The molecule has 2 aromatic rings. The molecule has 0 spiro atoms. The van der Waals surface area contributed by atoms with Gasteiger partial charge in [0.1, 0.15) is 10.8 Å². The zero-order valence-electron chi connectivity index (χ0n) is 12.1. The molecular formula is C16H18N2O2S. The highest BCUT2D eigenvalue weighted by molar-refractivity contribution is 7.09. The van der Waals surface area contributed by atoms with E-state index >= 15 is 0 Å². The highest BCUT2D eigenvalue weighted by Gasteiger charge is 2.35. The number of aromatic nitrogens is 1. The van der Waals surface area contributed by atoms with Crippen molar-refractivity contribution in [1.29, 1.82) is 0 Å². The van der Waals surface area contributed by atoms with Gasteiger partial charge in [-0.05, 0) is 25.0 Å². The van der Waals surface area contributed by atoms with Gasteiger partial charge in [0.05, 0.1) is 5.54 Å². The van der Waals surface area contributed by atoms with Gasteiger partial charge in [0, 0.05) is 18.0 Å². The number of carbonyl (C=O) groups is 1. The smallest absolute Gasteiger partial charge is 0.262 e. The number of hydrogen-bond donors (Lipinski definition) is 1. The minimum Gasteiger partial charge on any atom is -0.480 e. The predicted molar refractivity (Wildman–Crippen MR) is 82.5 cm³/mol. The average molecular weight is 302 g/mol. The van der Waals surface area contributed by atoms with E-state index in [1.807, 2.05) is 43.5 Å². The van der Waals surface area contributed by atoms with Gasteiger partial charge in [-0.15, -0.1) is 11.3 Å². The van der Waals surface area contributed by atoms with E-state index in [0.717, 1.165) is 22.7 Å². The highest BCUT2D eigenvalue weighted by atomic mass is 32.1. The van der Waals surface area contributed by atoms with Crippen LogP contribution in [0, 0.1) is 0 Å². The topological polar surface area (TPSA) is 51.2 Å².